The van der Waals surface area contributed by atoms with E-state index in [1.165, 1.54) is 11.1 Å². The van der Waals surface area contributed by atoms with Crippen LogP contribution < -0.4 is 0 Å². The number of hydrogen-bond acceptors (Lipinski definition) is 1. The predicted molar refractivity (Wildman–Crippen MR) is 68.1 cm³/mol. The van der Waals surface area contributed by atoms with Gasteiger partial charge in [-0.25, -0.2) is 0 Å². The van der Waals surface area contributed by atoms with E-state index >= 15 is 0 Å². The molecule has 4 atom stereocenters. The summed E-state index contributed by atoms with van der Waals surface area (Å²) >= 11 is 0. The highest BCUT2D eigenvalue weighted by atomic mass is 16.3. The number of aliphatic hydroxyl groups excluding tert-OH is 1. The minimum Gasteiger partial charge on any atom is -0.392 e. The standard InChI is InChI=1S/C15H24O/c1-10(2)12-7-8-15(4)13(9-12)11(3)5-6-14(15)16/h9,11-12,14,16H,1,5-8H2,2-4H3/t11-,12-,14+,15+/m0/s1. The molecule has 0 heterocycles. The SMILES string of the molecule is C=C(C)[C@@H]1C=C2[C@@H](C)CC[C@@H](O)[C@]2(C)CC1. The van der Waals surface area contributed by atoms with Gasteiger partial charge in [-0.15, -0.1) is 0 Å². The molecule has 0 radical (unpaired) electrons. The quantitative estimate of drug-likeness (QED) is 0.668. The molecule has 16 heavy (non-hydrogen) atoms. The first-order valence-electron chi connectivity index (χ1n) is 6.51. The van der Waals surface area contributed by atoms with Crippen molar-refractivity contribution in [2.45, 2.75) is 52.6 Å². The third-order valence-electron chi connectivity index (χ3n) is 4.79. The van der Waals surface area contributed by atoms with Crippen molar-refractivity contribution in [3.63, 3.8) is 0 Å². The number of hydrogen-bond donors (Lipinski definition) is 1. The van der Waals surface area contributed by atoms with E-state index in [0.717, 1.165) is 25.7 Å². The minimum atomic E-state index is -0.138. The third-order valence-corrected chi connectivity index (χ3v) is 4.79. The second-order valence-electron chi connectivity index (χ2n) is 6.03. The zero-order valence-electron chi connectivity index (χ0n) is 10.8. The van der Waals surface area contributed by atoms with Crippen molar-refractivity contribution in [3.8, 4) is 0 Å². The molecular formula is C15H24O. The van der Waals surface area contributed by atoms with E-state index in [2.05, 4.69) is 33.4 Å². The van der Waals surface area contributed by atoms with Crippen molar-refractivity contribution in [2.75, 3.05) is 0 Å². The van der Waals surface area contributed by atoms with E-state index in [1.807, 2.05) is 0 Å². The van der Waals surface area contributed by atoms with Crippen molar-refractivity contribution in [1.29, 1.82) is 0 Å². The summed E-state index contributed by atoms with van der Waals surface area (Å²) in [6.07, 6.45) is 6.62. The molecule has 90 valence electrons. The van der Waals surface area contributed by atoms with Gasteiger partial charge in [0.1, 0.15) is 0 Å². The van der Waals surface area contributed by atoms with Crippen LogP contribution >= 0.6 is 0 Å². The van der Waals surface area contributed by atoms with E-state index in [4.69, 9.17) is 0 Å². The van der Waals surface area contributed by atoms with Gasteiger partial charge in [0.25, 0.3) is 0 Å². The predicted octanol–water partition coefficient (Wildman–Crippen LogP) is 3.70. The molecular weight excluding hydrogens is 196 g/mol. The summed E-state index contributed by atoms with van der Waals surface area (Å²) in [6, 6.07) is 0. The fourth-order valence-corrected chi connectivity index (χ4v) is 3.45. The first-order valence-corrected chi connectivity index (χ1v) is 6.51. The summed E-state index contributed by atoms with van der Waals surface area (Å²) in [6.45, 7) is 10.7. The number of aliphatic hydroxyl groups is 1. The van der Waals surface area contributed by atoms with Crippen molar-refractivity contribution in [1.82, 2.24) is 0 Å². The molecule has 0 aliphatic heterocycles. The Kier molecular flexibility index (Phi) is 3.00. The van der Waals surface area contributed by atoms with Gasteiger partial charge in [0.15, 0.2) is 0 Å². The normalized spacial score (nSPS) is 43.5. The van der Waals surface area contributed by atoms with Crippen molar-refractivity contribution < 1.29 is 5.11 Å². The summed E-state index contributed by atoms with van der Waals surface area (Å²) < 4.78 is 0. The van der Waals surface area contributed by atoms with Crippen LogP contribution in [0.1, 0.15) is 46.5 Å². The second-order valence-corrected chi connectivity index (χ2v) is 6.03. The number of fused-ring (bicyclic) bond motifs is 1. The van der Waals surface area contributed by atoms with Crippen LogP contribution in [0.4, 0.5) is 0 Å². The molecule has 1 saturated carbocycles. The summed E-state index contributed by atoms with van der Waals surface area (Å²) in [5.41, 5.74) is 2.80. The maximum Gasteiger partial charge on any atom is 0.0631 e. The zero-order chi connectivity index (χ0) is 11.9. The topological polar surface area (TPSA) is 20.2 Å². The van der Waals surface area contributed by atoms with Gasteiger partial charge < -0.3 is 5.11 Å². The average molecular weight is 220 g/mol. The van der Waals surface area contributed by atoms with Gasteiger partial charge in [0, 0.05) is 5.41 Å². The van der Waals surface area contributed by atoms with Gasteiger partial charge in [0.05, 0.1) is 6.10 Å². The maximum absolute atomic E-state index is 10.2. The molecule has 0 aromatic rings. The lowest BCUT2D eigenvalue weighted by Crippen LogP contribution is -2.43. The average Bonchev–Trinajstić information content (AvgIpc) is 2.24. The molecule has 1 N–H and O–H groups in total. The summed E-state index contributed by atoms with van der Waals surface area (Å²) in [5.74, 6) is 1.17. The van der Waals surface area contributed by atoms with Gasteiger partial charge in [-0.3, -0.25) is 0 Å². The monoisotopic (exact) mass is 220 g/mol. The van der Waals surface area contributed by atoms with Crippen molar-refractivity contribution in [2.24, 2.45) is 17.3 Å². The molecule has 0 aromatic carbocycles. The van der Waals surface area contributed by atoms with Crippen LogP contribution in [0.3, 0.4) is 0 Å². The molecule has 0 bridgehead atoms. The molecule has 2 aliphatic rings. The van der Waals surface area contributed by atoms with Crippen LogP contribution in [0.2, 0.25) is 0 Å². The van der Waals surface area contributed by atoms with Crippen LogP contribution in [0.5, 0.6) is 0 Å². The van der Waals surface area contributed by atoms with E-state index < -0.39 is 0 Å². The van der Waals surface area contributed by atoms with E-state index in [9.17, 15) is 5.11 Å². The van der Waals surface area contributed by atoms with E-state index in [-0.39, 0.29) is 11.5 Å². The summed E-state index contributed by atoms with van der Waals surface area (Å²) in [5, 5.41) is 10.2. The zero-order valence-corrected chi connectivity index (χ0v) is 10.8. The molecule has 0 spiro atoms. The highest BCUT2D eigenvalue weighted by Crippen LogP contribution is 2.51. The largest absolute Gasteiger partial charge is 0.392 e. The highest BCUT2D eigenvalue weighted by Gasteiger charge is 2.44. The second kappa shape index (κ2) is 4.03. The Balaban J connectivity index is 2.35. The number of rotatable bonds is 1. The van der Waals surface area contributed by atoms with E-state index in [0.29, 0.717) is 11.8 Å². The van der Waals surface area contributed by atoms with Gasteiger partial charge in [-0.2, -0.15) is 0 Å². The molecule has 2 rings (SSSR count). The number of allylic oxidation sites excluding steroid dienone is 2. The molecule has 0 aromatic heterocycles. The molecule has 1 heteroatoms. The molecule has 0 saturated heterocycles. The molecule has 1 nitrogen and oxygen atoms in total. The maximum atomic E-state index is 10.2. The minimum absolute atomic E-state index is 0.0453. The Morgan fingerprint density at radius 2 is 2.12 bits per heavy atom. The Hall–Kier alpha value is -0.560. The lowest BCUT2D eigenvalue weighted by Gasteiger charge is -2.48. The summed E-state index contributed by atoms with van der Waals surface area (Å²) in [4.78, 5) is 0. The van der Waals surface area contributed by atoms with E-state index in [1.54, 1.807) is 0 Å². The van der Waals surface area contributed by atoms with Crippen LogP contribution in [0.25, 0.3) is 0 Å². The molecule has 2 aliphatic carbocycles. The van der Waals surface area contributed by atoms with Gasteiger partial charge >= 0.3 is 0 Å². The first kappa shape index (κ1) is 11.9. The Labute approximate surface area is 99.3 Å². The Morgan fingerprint density at radius 3 is 2.75 bits per heavy atom. The van der Waals surface area contributed by atoms with Crippen molar-refractivity contribution >= 4 is 0 Å². The lowest BCUT2D eigenvalue weighted by molar-refractivity contribution is 0.0122. The first-order chi connectivity index (χ1) is 7.45. The Bertz CT molecular complexity index is 328. The third kappa shape index (κ3) is 1.75. The molecule has 1 fully saturated rings. The van der Waals surface area contributed by atoms with Crippen LogP contribution in [-0.2, 0) is 0 Å². The van der Waals surface area contributed by atoms with Crippen molar-refractivity contribution in [3.05, 3.63) is 23.8 Å². The van der Waals surface area contributed by atoms with Gasteiger partial charge in [0.2, 0.25) is 0 Å². The molecule has 0 unspecified atom stereocenters. The Morgan fingerprint density at radius 1 is 1.44 bits per heavy atom. The summed E-state index contributed by atoms with van der Waals surface area (Å²) in [7, 11) is 0. The highest BCUT2D eigenvalue weighted by molar-refractivity contribution is 5.28. The van der Waals surface area contributed by atoms with Crippen LogP contribution in [-0.4, -0.2) is 11.2 Å². The van der Waals surface area contributed by atoms with Gasteiger partial charge in [-0.05, 0) is 44.4 Å². The smallest absolute Gasteiger partial charge is 0.0631 e. The van der Waals surface area contributed by atoms with Gasteiger partial charge in [-0.1, -0.05) is 37.6 Å². The fraction of sp³-hybridized carbons (Fsp3) is 0.733. The molecule has 0 amide bonds. The van der Waals surface area contributed by atoms with Crippen LogP contribution in [0, 0.1) is 17.3 Å². The lowest BCUT2D eigenvalue weighted by atomic mass is 9.59. The van der Waals surface area contributed by atoms with Crippen LogP contribution in [0.15, 0.2) is 23.8 Å². The fourth-order valence-electron chi connectivity index (χ4n) is 3.45.